The summed E-state index contributed by atoms with van der Waals surface area (Å²) < 4.78 is 8.00. The van der Waals surface area contributed by atoms with Crippen molar-refractivity contribution < 1.29 is 4.42 Å². The van der Waals surface area contributed by atoms with Crippen molar-refractivity contribution in [2.45, 2.75) is 24.3 Å². The van der Waals surface area contributed by atoms with Gasteiger partial charge in [0.1, 0.15) is 0 Å². The van der Waals surface area contributed by atoms with E-state index in [4.69, 9.17) is 16.0 Å². The SMILES string of the molecule is Cc1ccccc1-n1c(SC(C)c2nnc(-c3cccs3)o2)nnc1-c1ccc(Cl)cc1. The van der Waals surface area contributed by atoms with Crippen molar-refractivity contribution in [2.75, 3.05) is 0 Å². The molecule has 9 heteroatoms. The maximum Gasteiger partial charge on any atom is 0.257 e. The molecular weight excluding hydrogens is 462 g/mol. The number of hydrogen-bond acceptors (Lipinski definition) is 7. The average Bonchev–Trinajstić information content (AvgIpc) is 3.55. The first-order valence-electron chi connectivity index (χ1n) is 9.91. The molecule has 0 saturated carbocycles. The molecule has 3 aromatic heterocycles. The number of aromatic nitrogens is 5. The summed E-state index contributed by atoms with van der Waals surface area (Å²) in [6.07, 6.45) is 0. The molecule has 32 heavy (non-hydrogen) atoms. The van der Waals surface area contributed by atoms with E-state index >= 15 is 0 Å². The lowest BCUT2D eigenvalue weighted by Gasteiger charge is -2.14. The lowest BCUT2D eigenvalue weighted by Crippen LogP contribution is -2.02. The summed E-state index contributed by atoms with van der Waals surface area (Å²) in [5.74, 6) is 1.82. The highest BCUT2D eigenvalue weighted by atomic mass is 35.5. The van der Waals surface area contributed by atoms with Gasteiger partial charge in [0.05, 0.1) is 15.8 Å². The van der Waals surface area contributed by atoms with E-state index in [0.29, 0.717) is 16.8 Å². The maximum absolute atomic E-state index is 6.09. The summed E-state index contributed by atoms with van der Waals surface area (Å²) in [5, 5.41) is 20.8. The van der Waals surface area contributed by atoms with Gasteiger partial charge >= 0.3 is 0 Å². The van der Waals surface area contributed by atoms with Crippen LogP contribution in [0.5, 0.6) is 0 Å². The molecule has 0 aliphatic carbocycles. The Morgan fingerprint density at radius 3 is 2.53 bits per heavy atom. The number of halogens is 1. The molecule has 0 amide bonds. The molecule has 0 aliphatic rings. The zero-order valence-corrected chi connectivity index (χ0v) is 19.7. The molecule has 0 bridgehead atoms. The molecule has 1 unspecified atom stereocenters. The fourth-order valence-electron chi connectivity index (χ4n) is 3.27. The number of rotatable bonds is 6. The number of hydrogen-bond donors (Lipinski definition) is 0. The van der Waals surface area contributed by atoms with Crippen LogP contribution in [0.25, 0.3) is 27.8 Å². The van der Waals surface area contributed by atoms with Crippen LogP contribution in [0, 0.1) is 6.92 Å². The Balaban J connectivity index is 1.52. The van der Waals surface area contributed by atoms with Crippen LogP contribution < -0.4 is 0 Å². The number of thioether (sulfide) groups is 1. The summed E-state index contributed by atoms with van der Waals surface area (Å²) in [6.45, 7) is 4.10. The van der Waals surface area contributed by atoms with Crippen molar-refractivity contribution in [1.82, 2.24) is 25.0 Å². The second kappa shape index (κ2) is 8.90. The minimum atomic E-state index is -0.110. The standard InChI is InChI=1S/C23H18ClN5OS2/c1-14-6-3-4-7-18(14)29-20(16-9-11-17(24)12-10-16)25-28-23(29)32-15(2)21-26-27-22(30-21)19-8-5-13-31-19/h3-13,15H,1-2H3. The largest absolute Gasteiger partial charge is 0.419 e. The highest BCUT2D eigenvalue weighted by Gasteiger charge is 2.23. The Kier molecular flexibility index (Phi) is 5.82. The number of aryl methyl sites for hydroxylation is 1. The van der Waals surface area contributed by atoms with Gasteiger partial charge in [-0.1, -0.05) is 47.6 Å². The molecule has 0 saturated heterocycles. The molecule has 6 nitrogen and oxygen atoms in total. The molecule has 0 radical (unpaired) electrons. The zero-order chi connectivity index (χ0) is 22.1. The van der Waals surface area contributed by atoms with Gasteiger partial charge in [0.2, 0.25) is 5.89 Å². The third-order valence-electron chi connectivity index (χ3n) is 4.89. The quantitative estimate of drug-likeness (QED) is 0.248. The first-order chi connectivity index (χ1) is 15.6. The first-order valence-corrected chi connectivity index (χ1v) is 12.0. The Hall–Kier alpha value is -2.94. The lowest BCUT2D eigenvalue weighted by molar-refractivity contribution is 0.510. The van der Waals surface area contributed by atoms with Crippen LogP contribution in [0.3, 0.4) is 0 Å². The molecule has 0 fully saturated rings. The Bertz CT molecular complexity index is 1350. The summed E-state index contributed by atoms with van der Waals surface area (Å²) in [4.78, 5) is 0.953. The van der Waals surface area contributed by atoms with Gasteiger partial charge in [-0.2, -0.15) is 0 Å². The van der Waals surface area contributed by atoms with E-state index in [0.717, 1.165) is 32.7 Å². The van der Waals surface area contributed by atoms with Crippen LogP contribution in [0.4, 0.5) is 0 Å². The topological polar surface area (TPSA) is 69.6 Å². The van der Waals surface area contributed by atoms with E-state index in [-0.39, 0.29) is 5.25 Å². The van der Waals surface area contributed by atoms with Gasteiger partial charge in [0.15, 0.2) is 11.0 Å². The smallest absolute Gasteiger partial charge is 0.257 e. The summed E-state index contributed by atoms with van der Waals surface area (Å²) >= 11 is 9.19. The Labute approximate surface area is 198 Å². The van der Waals surface area contributed by atoms with Gasteiger partial charge in [-0.15, -0.1) is 31.7 Å². The van der Waals surface area contributed by atoms with Crippen LogP contribution in [-0.4, -0.2) is 25.0 Å². The van der Waals surface area contributed by atoms with Gasteiger partial charge in [-0.05, 0) is 61.2 Å². The molecule has 1 atom stereocenters. The molecule has 160 valence electrons. The van der Waals surface area contributed by atoms with Crippen molar-refractivity contribution >= 4 is 34.7 Å². The minimum Gasteiger partial charge on any atom is -0.419 e. The molecule has 3 heterocycles. The van der Waals surface area contributed by atoms with Crippen LogP contribution in [0.1, 0.15) is 23.6 Å². The molecule has 0 N–H and O–H groups in total. The number of benzene rings is 2. The fraction of sp³-hybridized carbons (Fsp3) is 0.130. The van der Waals surface area contributed by atoms with Crippen LogP contribution in [0.2, 0.25) is 5.02 Å². The van der Waals surface area contributed by atoms with Crippen LogP contribution in [0.15, 0.2) is 75.6 Å². The average molecular weight is 480 g/mol. The monoisotopic (exact) mass is 479 g/mol. The Morgan fingerprint density at radius 1 is 0.969 bits per heavy atom. The van der Waals surface area contributed by atoms with Crippen molar-refractivity contribution in [2.24, 2.45) is 0 Å². The number of nitrogens with zero attached hydrogens (tertiary/aromatic N) is 5. The van der Waals surface area contributed by atoms with E-state index in [2.05, 4.69) is 44.0 Å². The van der Waals surface area contributed by atoms with Gasteiger partial charge in [-0.3, -0.25) is 4.57 Å². The van der Waals surface area contributed by atoms with E-state index in [1.165, 1.54) is 11.8 Å². The van der Waals surface area contributed by atoms with Gasteiger partial charge in [0, 0.05) is 10.6 Å². The summed E-state index contributed by atoms with van der Waals surface area (Å²) in [5.41, 5.74) is 3.07. The predicted molar refractivity (Wildman–Crippen MR) is 128 cm³/mol. The van der Waals surface area contributed by atoms with Gasteiger partial charge in [-0.25, -0.2) is 0 Å². The predicted octanol–water partition coefficient (Wildman–Crippen LogP) is 6.86. The summed E-state index contributed by atoms with van der Waals surface area (Å²) in [6, 6.07) is 19.7. The lowest BCUT2D eigenvalue weighted by atomic mass is 10.1. The van der Waals surface area contributed by atoms with Crippen LogP contribution >= 0.6 is 34.7 Å². The van der Waals surface area contributed by atoms with E-state index in [1.54, 1.807) is 11.3 Å². The maximum atomic E-state index is 6.09. The Morgan fingerprint density at radius 2 is 1.78 bits per heavy atom. The molecule has 0 spiro atoms. The highest BCUT2D eigenvalue weighted by molar-refractivity contribution is 7.99. The highest BCUT2D eigenvalue weighted by Crippen LogP contribution is 2.38. The van der Waals surface area contributed by atoms with Crippen molar-refractivity contribution in [1.29, 1.82) is 0 Å². The third kappa shape index (κ3) is 4.09. The molecular formula is C23H18ClN5OS2. The van der Waals surface area contributed by atoms with Gasteiger partial charge in [0.25, 0.3) is 5.89 Å². The fourth-order valence-corrected chi connectivity index (χ4v) is 4.93. The minimum absolute atomic E-state index is 0.110. The van der Waals surface area contributed by atoms with Crippen LogP contribution in [-0.2, 0) is 0 Å². The van der Waals surface area contributed by atoms with Crippen molar-refractivity contribution in [3.63, 3.8) is 0 Å². The molecule has 5 rings (SSSR count). The van der Waals surface area contributed by atoms with Gasteiger partial charge < -0.3 is 4.42 Å². The van der Waals surface area contributed by atoms with E-state index in [1.807, 2.05) is 60.8 Å². The molecule has 0 aliphatic heterocycles. The van der Waals surface area contributed by atoms with E-state index < -0.39 is 0 Å². The van der Waals surface area contributed by atoms with E-state index in [9.17, 15) is 0 Å². The normalized spacial score (nSPS) is 12.2. The second-order valence-electron chi connectivity index (χ2n) is 7.12. The second-order valence-corrected chi connectivity index (χ2v) is 9.81. The third-order valence-corrected chi connectivity index (χ3v) is 7.03. The summed E-state index contributed by atoms with van der Waals surface area (Å²) in [7, 11) is 0. The van der Waals surface area contributed by atoms with Crippen molar-refractivity contribution in [3.8, 4) is 27.8 Å². The molecule has 2 aromatic carbocycles. The molecule has 5 aromatic rings. The first kappa shape index (κ1) is 20.9. The number of para-hydroxylation sites is 1. The number of thiophene rings is 1. The van der Waals surface area contributed by atoms with Crippen molar-refractivity contribution in [3.05, 3.63) is 82.5 Å². The zero-order valence-electron chi connectivity index (χ0n) is 17.3.